The number of hydrogen-bond acceptors (Lipinski definition) is 2. The number of alkyl halides is 3. The van der Waals surface area contributed by atoms with E-state index in [1.165, 1.54) is 37.8 Å². The van der Waals surface area contributed by atoms with E-state index in [0.717, 1.165) is 31.0 Å². The summed E-state index contributed by atoms with van der Waals surface area (Å²) in [5.74, 6) is 0.756. The molecule has 124 valence electrons. The van der Waals surface area contributed by atoms with Crippen LogP contribution >= 0.6 is 0 Å². The highest BCUT2D eigenvalue weighted by Gasteiger charge is 2.32. The summed E-state index contributed by atoms with van der Waals surface area (Å²) >= 11 is 0. The molecule has 1 saturated carbocycles. The molecule has 0 amide bonds. The van der Waals surface area contributed by atoms with Crippen LogP contribution < -0.4 is 5.32 Å². The van der Waals surface area contributed by atoms with Gasteiger partial charge in [-0.2, -0.15) is 13.2 Å². The number of nitrogens with one attached hydrogen (secondary N) is 1. The van der Waals surface area contributed by atoms with Crippen LogP contribution in [-0.2, 0) is 11.8 Å². The minimum Gasteiger partial charge on any atom is -0.384 e. The third kappa shape index (κ3) is 4.71. The lowest BCUT2D eigenvalue weighted by Gasteiger charge is -2.25. The SMILES string of the molecule is CC(O)(CNCCC1CCCC1)c1cccc(C(F)(F)F)c1. The predicted octanol–water partition coefficient (Wildman–Crippen LogP) is 4.08. The first-order valence-corrected chi connectivity index (χ1v) is 7.90. The Kier molecular flexibility index (Phi) is 5.50. The summed E-state index contributed by atoms with van der Waals surface area (Å²) in [7, 11) is 0. The van der Waals surface area contributed by atoms with Crippen LogP contribution in [0.2, 0.25) is 0 Å². The molecule has 2 N–H and O–H groups in total. The summed E-state index contributed by atoms with van der Waals surface area (Å²) in [6.45, 7) is 2.59. The van der Waals surface area contributed by atoms with Gasteiger partial charge in [-0.05, 0) is 43.5 Å². The molecule has 1 unspecified atom stereocenters. The number of aliphatic hydroxyl groups is 1. The van der Waals surface area contributed by atoms with Gasteiger partial charge in [-0.15, -0.1) is 0 Å². The molecular formula is C17H24F3NO. The van der Waals surface area contributed by atoms with Crippen LogP contribution in [0.15, 0.2) is 24.3 Å². The standard InChI is InChI=1S/C17H24F3NO/c1-16(22,12-21-10-9-13-5-2-3-6-13)14-7-4-8-15(11-14)17(18,19)20/h4,7-8,11,13,21-22H,2-3,5-6,9-10,12H2,1H3. The first-order valence-electron chi connectivity index (χ1n) is 7.90. The molecule has 0 aliphatic heterocycles. The number of halogens is 3. The summed E-state index contributed by atoms with van der Waals surface area (Å²) in [5, 5.41) is 13.6. The van der Waals surface area contributed by atoms with E-state index in [2.05, 4.69) is 5.32 Å². The Bertz CT molecular complexity index is 479. The highest BCUT2D eigenvalue weighted by molar-refractivity contribution is 5.29. The van der Waals surface area contributed by atoms with Crippen molar-refractivity contribution in [2.24, 2.45) is 5.92 Å². The van der Waals surface area contributed by atoms with Gasteiger partial charge in [-0.3, -0.25) is 0 Å². The maximum atomic E-state index is 12.7. The average molecular weight is 315 g/mol. The van der Waals surface area contributed by atoms with E-state index in [1.54, 1.807) is 6.92 Å². The van der Waals surface area contributed by atoms with Gasteiger partial charge in [0, 0.05) is 6.54 Å². The smallest absolute Gasteiger partial charge is 0.384 e. The van der Waals surface area contributed by atoms with Crippen molar-refractivity contribution in [3.05, 3.63) is 35.4 Å². The Morgan fingerprint density at radius 2 is 1.82 bits per heavy atom. The Morgan fingerprint density at radius 1 is 1.18 bits per heavy atom. The van der Waals surface area contributed by atoms with Gasteiger partial charge in [0.15, 0.2) is 0 Å². The molecule has 1 aromatic rings. The molecule has 1 aliphatic carbocycles. The third-order valence-electron chi connectivity index (χ3n) is 4.49. The van der Waals surface area contributed by atoms with Crippen molar-refractivity contribution in [1.82, 2.24) is 5.32 Å². The minimum atomic E-state index is -4.39. The van der Waals surface area contributed by atoms with E-state index in [9.17, 15) is 18.3 Å². The van der Waals surface area contributed by atoms with Gasteiger partial charge in [0.05, 0.1) is 11.2 Å². The quantitative estimate of drug-likeness (QED) is 0.775. The molecule has 1 aliphatic rings. The van der Waals surface area contributed by atoms with Crippen molar-refractivity contribution in [3.63, 3.8) is 0 Å². The van der Waals surface area contributed by atoms with Gasteiger partial charge in [-0.25, -0.2) is 0 Å². The molecule has 0 aromatic heterocycles. The number of benzene rings is 1. The fourth-order valence-electron chi connectivity index (χ4n) is 3.07. The Balaban J connectivity index is 1.89. The van der Waals surface area contributed by atoms with Crippen LogP contribution in [0.4, 0.5) is 13.2 Å². The van der Waals surface area contributed by atoms with Crippen LogP contribution in [0.1, 0.15) is 50.2 Å². The van der Waals surface area contributed by atoms with Crippen LogP contribution in [0.25, 0.3) is 0 Å². The molecule has 0 spiro atoms. The van der Waals surface area contributed by atoms with Crippen LogP contribution in [0, 0.1) is 5.92 Å². The second kappa shape index (κ2) is 7.01. The zero-order chi connectivity index (χ0) is 16.2. The van der Waals surface area contributed by atoms with E-state index in [-0.39, 0.29) is 12.1 Å². The van der Waals surface area contributed by atoms with Gasteiger partial charge in [-0.1, -0.05) is 37.8 Å². The summed E-state index contributed by atoms with van der Waals surface area (Å²) in [4.78, 5) is 0. The maximum Gasteiger partial charge on any atom is 0.416 e. The van der Waals surface area contributed by atoms with Gasteiger partial charge in [0.25, 0.3) is 0 Å². The van der Waals surface area contributed by atoms with Crippen molar-refractivity contribution in [3.8, 4) is 0 Å². The zero-order valence-electron chi connectivity index (χ0n) is 12.9. The molecule has 0 bridgehead atoms. The van der Waals surface area contributed by atoms with Gasteiger partial charge in [0.2, 0.25) is 0 Å². The first kappa shape index (κ1) is 17.3. The first-order chi connectivity index (χ1) is 10.3. The lowest BCUT2D eigenvalue weighted by molar-refractivity contribution is -0.137. The molecule has 5 heteroatoms. The van der Waals surface area contributed by atoms with E-state index < -0.39 is 17.3 Å². The maximum absolute atomic E-state index is 12.7. The molecular weight excluding hydrogens is 291 g/mol. The molecule has 0 radical (unpaired) electrons. The Hall–Kier alpha value is -1.07. The van der Waals surface area contributed by atoms with Crippen LogP contribution in [0.5, 0.6) is 0 Å². The van der Waals surface area contributed by atoms with E-state index >= 15 is 0 Å². The van der Waals surface area contributed by atoms with E-state index in [0.29, 0.717) is 0 Å². The van der Waals surface area contributed by atoms with Gasteiger partial charge in [0.1, 0.15) is 0 Å². The molecule has 22 heavy (non-hydrogen) atoms. The summed E-state index contributed by atoms with van der Waals surface area (Å²) in [5.41, 5.74) is -1.75. The van der Waals surface area contributed by atoms with Crippen molar-refractivity contribution >= 4 is 0 Å². The summed E-state index contributed by atoms with van der Waals surface area (Å²) in [6.07, 6.45) is 1.82. The van der Waals surface area contributed by atoms with Crippen molar-refractivity contribution < 1.29 is 18.3 Å². The fourth-order valence-corrected chi connectivity index (χ4v) is 3.07. The fraction of sp³-hybridized carbons (Fsp3) is 0.647. The number of rotatable bonds is 6. The lowest BCUT2D eigenvalue weighted by atomic mass is 9.94. The number of hydrogen-bond donors (Lipinski definition) is 2. The monoisotopic (exact) mass is 315 g/mol. The molecule has 0 saturated heterocycles. The van der Waals surface area contributed by atoms with Gasteiger partial charge >= 0.3 is 6.18 Å². The van der Waals surface area contributed by atoms with Crippen molar-refractivity contribution in [1.29, 1.82) is 0 Å². The normalized spacial score (nSPS) is 19.3. The van der Waals surface area contributed by atoms with E-state index in [4.69, 9.17) is 0 Å². The van der Waals surface area contributed by atoms with Crippen LogP contribution in [-0.4, -0.2) is 18.2 Å². The van der Waals surface area contributed by atoms with Crippen molar-refractivity contribution in [2.45, 2.75) is 50.8 Å². The molecule has 1 atom stereocenters. The average Bonchev–Trinajstić information content (AvgIpc) is 2.96. The molecule has 2 nitrogen and oxygen atoms in total. The highest BCUT2D eigenvalue weighted by atomic mass is 19.4. The Morgan fingerprint density at radius 3 is 2.45 bits per heavy atom. The molecule has 1 aromatic carbocycles. The largest absolute Gasteiger partial charge is 0.416 e. The van der Waals surface area contributed by atoms with Gasteiger partial charge < -0.3 is 10.4 Å². The minimum absolute atomic E-state index is 0.251. The van der Waals surface area contributed by atoms with E-state index in [1.807, 2.05) is 0 Å². The zero-order valence-corrected chi connectivity index (χ0v) is 12.9. The van der Waals surface area contributed by atoms with Crippen molar-refractivity contribution in [2.75, 3.05) is 13.1 Å². The lowest BCUT2D eigenvalue weighted by Crippen LogP contribution is -2.36. The topological polar surface area (TPSA) is 32.3 Å². The molecule has 0 heterocycles. The highest BCUT2D eigenvalue weighted by Crippen LogP contribution is 2.32. The second-order valence-electron chi connectivity index (χ2n) is 6.47. The third-order valence-corrected chi connectivity index (χ3v) is 4.49. The molecule has 1 fully saturated rings. The molecule has 2 rings (SSSR count). The summed E-state index contributed by atoms with van der Waals surface area (Å²) in [6, 6.07) is 4.92. The predicted molar refractivity (Wildman–Crippen MR) is 80.5 cm³/mol. The Labute approximate surface area is 129 Å². The summed E-state index contributed by atoms with van der Waals surface area (Å²) < 4.78 is 38.2. The van der Waals surface area contributed by atoms with Crippen LogP contribution in [0.3, 0.4) is 0 Å². The second-order valence-corrected chi connectivity index (χ2v) is 6.47.